The minimum absolute atomic E-state index is 0.420. The highest BCUT2D eigenvalue weighted by molar-refractivity contribution is 5.58. The van der Waals surface area contributed by atoms with Gasteiger partial charge < -0.3 is 10.2 Å². The van der Waals surface area contributed by atoms with Crippen molar-refractivity contribution in [2.24, 2.45) is 0 Å². The van der Waals surface area contributed by atoms with Gasteiger partial charge in [-0.1, -0.05) is 13.8 Å². The van der Waals surface area contributed by atoms with E-state index >= 15 is 0 Å². The van der Waals surface area contributed by atoms with Crippen molar-refractivity contribution in [3.8, 4) is 6.07 Å². The van der Waals surface area contributed by atoms with E-state index in [9.17, 15) is 5.26 Å². The SMILES string of the molecule is CCc1nnc(N(C)C2CNC2)c(C#N)c1CC. The molecule has 96 valence electrons. The molecule has 1 aromatic heterocycles. The van der Waals surface area contributed by atoms with Crippen LogP contribution in [0, 0.1) is 11.3 Å². The third-order valence-electron chi connectivity index (χ3n) is 3.58. The molecule has 0 aliphatic carbocycles. The van der Waals surface area contributed by atoms with E-state index in [4.69, 9.17) is 0 Å². The second kappa shape index (κ2) is 5.32. The molecule has 1 aliphatic heterocycles. The number of anilines is 1. The van der Waals surface area contributed by atoms with Gasteiger partial charge in [0, 0.05) is 20.1 Å². The molecule has 18 heavy (non-hydrogen) atoms. The standard InChI is InChI=1S/C13H19N5/c1-4-10-11(6-14)13(17-16-12(10)5-2)18(3)9-7-15-8-9/h9,15H,4-5,7-8H2,1-3H3. The van der Waals surface area contributed by atoms with Crippen LogP contribution in [0.4, 0.5) is 5.82 Å². The van der Waals surface area contributed by atoms with E-state index in [2.05, 4.69) is 33.4 Å². The van der Waals surface area contributed by atoms with Gasteiger partial charge in [0.15, 0.2) is 5.82 Å². The zero-order valence-electron chi connectivity index (χ0n) is 11.2. The zero-order chi connectivity index (χ0) is 13.1. The van der Waals surface area contributed by atoms with E-state index in [1.54, 1.807) is 0 Å². The fourth-order valence-corrected chi connectivity index (χ4v) is 2.25. The van der Waals surface area contributed by atoms with Gasteiger partial charge in [0.05, 0.1) is 11.7 Å². The van der Waals surface area contributed by atoms with Crippen molar-refractivity contribution in [3.05, 3.63) is 16.8 Å². The highest BCUT2D eigenvalue weighted by atomic mass is 15.3. The quantitative estimate of drug-likeness (QED) is 0.853. The van der Waals surface area contributed by atoms with Gasteiger partial charge in [-0.15, -0.1) is 5.10 Å². The molecule has 2 rings (SSSR count). The van der Waals surface area contributed by atoms with Gasteiger partial charge in [-0.2, -0.15) is 10.4 Å². The minimum Gasteiger partial charge on any atom is -0.352 e. The first-order valence-electron chi connectivity index (χ1n) is 6.44. The summed E-state index contributed by atoms with van der Waals surface area (Å²) in [7, 11) is 1.99. The first-order chi connectivity index (χ1) is 8.72. The lowest BCUT2D eigenvalue weighted by Crippen LogP contribution is -2.56. The third-order valence-corrected chi connectivity index (χ3v) is 3.58. The predicted octanol–water partition coefficient (Wildman–Crippen LogP) is 0.881. The van der Waals surface area contributed by atoms with Crippen LogP contribution >= 0.6 is 0 Å². The molecular formula is C13H19N5. The Bertz CT molecular complexity index is 473. The molecule has 0 saturated carbocycles. The second-order valence-corrected chi connectivity index (χ2v) is 4.57. The van der Waals surface area contributed by atoms with Crippen molar-refractivity contribution in [3.63, 3.8) is 0 Å². The van der Waals surface area contributed by atoms with E-state index in [1.165, 1.54) is 0 Å². The lowest BCUT2D eigenvalue weighted by molar-refractivity contribution is 0.425. The van der Waals surface area contributed by atoms with Crippen LogP contribution in [0.1, 0.15) is 30.7 Å². The molecule has 5 nitrogen and oxygen atoms in total. The average molecular weight is 245 g/mol. The van der Waals surface area contributed by atoms with E-state index in [0.29, 0.717) is 11.6 Å². The number of hydrogen-bond acceptors (Lipinski definition) is 5. The summed E-state index contributed by atoms with van der Waals surface area (Å²) in [5, 5.41) is 21.2. The lowest BCUT2D eigenvalue weighted by Gasteiger charge is -2.36. The van der Waals surface area contributed by atoms with Crippen LogP contribution < -0.4 is 10.2 Å². The van der Waals surface area contributed by atoms with Crippen LogP contribution in [0.25, 0.3) is 0 Å². The Morgan fingerprint density at radius 1 is 1.33 bits per heavy atom. The summed E-state index contributed by atoms with van der Waals surface area (Å²) in [6.07, 6.45) is 1.64. The van der Waals surface area contributed by atoms with Crippen LogP contribution in [0.2, 0.25) is 0 Å². The Morgan fingerprint density at radius 3 is 2.50 bits per heavy atom. The average Bonchev–Trinajstić information content (AvgIpc) is 2.34. The maximum atomic E-state index is 9.41. The number of nitriles is 1. The zero-order valence-corrected chi connectivity index (χ0v) is 11.2. The Kier molecular flexibility index (Phi) is 3.78. The number of hydrogen-bond donors (Lipinski definition) is 1. The number of aromatic nitrogens is 2. The Morgan fingerprint density at radius 2 is 2.06 bits per heavy atom. The van der Waals surface area contributed by atoms with Crippen molar-refractivity contribution in [2.75, 3.05) is 25.0 Å². The summed E-state index contributed by atoms with van der Waals surface area (Å²) in [6.45, 7) is 6.00. The summed E-state index contributed by atoms with van der Waals surface area (Å²) in [6, 6.07) is 2.73. The van der Waals surface area contributed by atoms with Crippen molar-refractivity contribution in [1.82, 2.24) is 15.5 Å². The molecule has 1 aliphatic rings. The van der Waals surface area contributed by atoms with Gasteiger partial charge in [0.1, 0.15) is 11.6 Å². The van der Waals surface area contributed by atoms with Crippen molar-refractivity contribution < 1.29 is 0 Å². The second-order valence-electron chi connectivity index (χ2n) is 4.57. The van der Waals surface area contributed by atoms with Crippen LogP contribution in [0.5, 0.6) is 0 Å². The predicted molar refractivity (Wildman–Crippen MR) is 70.6 cm³/mol. The molecule has 0 atom stereocenters. The molecule has 1 fully saturated rings. The van der Waals surface area contributed by atoms with Gasteiger partial charge >= 0.3 is 0 Å². The van der Waals surface area contributed by atoms with E-state index in [1.807, 2.05) is 14.0 Å². The van der Waals surface area contributed by atoms with Crippen LogP contribution in [-0.2, 0) is 12.8 Å². The number of nitrogens with one attached hydrogen (secondary N) is 1. The number of aryl methyl sites for hydroxylation is 1. The molecular weight excluding hydrogens is 226 g/mol. The molecule has 0 amide bonds. The fourth-order valence-electron chi connectivity index (χ4n) is 2.25. The highest BCUT2D eigenvalue weighted by Crippen LogP contribution is 2.24. The van der Waals surface area contributed by atoms with E-state index < -0.39 is 0 Å². The first-order valence-corrected chi connectivity index (χ1v) is 6.44. The summed E-state index contributed by atoms with van der Waals surface area (Å²) >= 11 is 0. The Labute approximate surface area is 108 Å². The first kappa shape index (κ1) is 12.8. The molecule has 5 heteroatoms. The maximum Gasteiger partial charge on any atom is 0.169 e. The summed E-state index contributed by atoms with van der Waals surface area (Å²) < 4.78 is 0. The molecule has 0 unspecified atom stereocenters. The van der Waals surface area contributed by atoms with E-state index in [0.717, 1.165) is 43.0 Å². The van der Waals surface area contributed by atoms with E-state index in [-0.39, 0.29) is 0 Å². The third kappa shape index (κ3) is 2.04. The molecule has 0 aromatic carbocycles. The van der Waals surface area contributed by atoms with Crippen molar-refractivity contribution >= 4 is 5.82 Å². The van der Waals surface area contributed by atoms with Crippen LogP contribution in [0.15, 0.2) is 0 Å². The van der Waals surface area contributed by atoms with Crippen LogP contribution in [-0.4, -0.2) is 36.4 Å². The largest absolute Gasteiger partial charge is 0.352 e. The smallest absolute Gasteiger partial charge is 0.169 e. The molecule has 0 spiro atoms. The molecule has 0 radical (unpaired) electrons. The van der Waals surface area contributed by atoms with Crippen molar-refractivity contribution in [1.29, 1.82) is 5.26 Å². The fraction of sp³-hybridized carbons (Fsp3) is 0.615. The Hall–Kier alpha value is -1.67. The topological polar surface area (TPSA) is 64.8 Å². The number of rotatable bonds is 4. The summed E-state index contributed by atoms with van der Waals surface area (Å²) in [5.41, 5.74) is 2.68. The molecule has 1 saturated heterocycles. The molecule has 1 aromatic rings. The minimum atomic E-state index is 0.420. The highest BCUT2D eigenvalue weighted by Gasteiger charge is 2.26. The summed E-state index contributed by atoms with van der Waals surface area (Å²) in [5.74, 6) is 0.720. The molecule has 1 N–H and O–H groups in total. The van der Waals surface area contributed by atoms with Crippen LogP contribution in [0.3, 0.4) is 0 Å². The van der Waals surface area contributed by atoms with Gasteiger partial charge in [-0.3, -0.25) is 0 Å². The van der Waals surface area contributed by atoms with Crippen molar-refractivity contribution in [2.45, 2.75) is 32.7 Å². The summed E-state index contributed by atoms with van der Waals surface area (Å²) in [4.78, 5) is 2.07. The number of nitrogens with zero attached hydrogens (tertiary/aromatic N) is 4. The van der Waals surface area contributed by atoms with Gasteiger partial charge in [-0.25, -0.2) is 0 Å². The normalized spacial score (nSPS) is 15.0. The number of likely N-dealkylation sites (N-methyl/N-ethyl adjacent to an activating group) is 1. The van der Waals surface area contributed by atoms with Gasteiger partial charge in [-0.05, 0) is 18.4 Å². The van der Waals surface area contributed by atoms with Gasteiger partial charge in [0.2, 0.25) is 0 Å². The molecule has 2 heterocycles. The molecule has 0 bridgehead atoms. The lowest BCUT2D eigenvalue weighted by atomic mass is 10.0. The Balaban J connectivity index is 2.44. The maximum absolute atomic E-state index is 9.41. The van der Waals surface area contributed by atoms with Gasteiger partial charge in [0.25, 0.3) is 0 Å². The monoisotopic (exact) mass is 245 g/mol.